The van der Waals surface area contributed by atoms with Crippen molar-refractivity contribution in [1.29, 1.82) is 0 Å². The molecule has 0 saturated heterocycles. The summed E-state index contributed by atoms with van der Waals surface area (Å²) < 4.78 is 0. The van der Waals surface area contributed by atoms with Crippen molar-refractivity contribution in [2.24, 2.45) is 10.2 Å². The Labute approximate surface area is 170 Å². The van der Waals surface area contributed by atoms with Crippen LogP contribution in [-0.2, 0) is 9.59 Å². The first kappa shape index (κ1) is 21.6. The minimum absolute atomic E-state index is 0.180. The number of hydrazone groups is 2. The Hall–Kier alpha value is -3.68. The van der Waals surface area contributed by atoms with E-state index in [2.05, 4.69) is 21.1 Å². The van der Waals surface area contributed by atoms with E-state index in [0.717, 1.165) is 11.1 Å². The molecule has 8 nitrogen and oxygen atoms in total. The number of hydrogen-bond donors (Lipinski definition) is 4. The summed E-state index contributed by atoms with van der Waals surface area (Å²) in [5, 5.41) is 8.12. The Bertz CT molecular complexity index is 861. The molecule has 0 saturated carbocycles. The van der Waals surface area contributed by atoms with Crippen molar-refractivity contribution in [1.82, 2.24) is 10.9 Å². The molecule has 0 aliphatic rings. The molecule has 8 heteroatoms. The third-order valence-electron chi connectivity index (χ3n) is 4.11. The number of nitrogens with zero attached hydrogens (tertiary/aromatic N) is 2. The molecular formula is C21H26N6O2. The lowest BCUT2D eigenvalue weighted by Gasteiger charge is -2.05. The van der Waals surface area contributed by atoms with Gasteiger partial charge in [-0.05, 0) is 55.7 Å². The van der Waals surface area contributed by atoms with E-state index in [1.54, 1.807) is 38.1 Å². The Morgan fingerprint density at radius 3 is 1.59 bits per heavy atom. The largest absolute Gasteiger partial charge is 0.399 e. The molecule has 0 heterocycles. The summed E-state index contributed by atoms with van der Waals surface area (Å²) in [5.74, 6) is -0.527. The van der Waals surface area contributed by atoms with E-state index in [1.165, 1.54) is 0 Å². The van der Waals surface area contributed by atoms with Crippen molar-refractivity contribution in [2.45, 2.75) is 33.1 Å². The smallest absolute Gasteiger partial charge is 0.240 e. The molecule has 0 aliphatic heterocycles. The molecule has 29 heavy (non-hydrogen) atoms. The highest BCUT2D eigenvalue weighted by atomic mass is 16.2. The van der Waals surface area contributed by atoms with E-state index >= 15 is 0 Å². The first-order valence-electron chi connectivity index (χ1n) is 9.23. The van der Waals surface area contributed by atoms with Crippen LogP contribution >= 0.6 is 0 Å². The molecule has 0 radical (unpaired) electrons. The second-order valence-electron chi connectivity index (χ2n) is 6.57. The van der Waals surface area contributed by atoms with Gasteiger partial charge in [-0.3, -0.25) is 9.59 Å². The van der Waals surface area contributed by atoms with E-state index in [1.807, 2.05) is 24.3 Å². The number of amides is 2. The van der Waals surface area contributed by atoms with Crippen molar-refractivity contribution in [3.63, 3.8) is 0 Å². The minimum Gasteiger partial charge on any atom is -0.399 e. The number of benzene rings is 2. The van der Waals surface area contributed by atoms with Crippen molar-refractivity contribution in [3.8, 4) is 0 Å². The van der Waals surface area contributed by atoms with Crippen molar-refractivity contribution in [3.05, 3.63) is 59.7 Å². The zero-order valence-corrected chi connectivity index (χ0v) is 16.6. The maximum Gasteiger partial charge on any atom is 0.240 e. The number of nitrogens with two attached hydrogens (primary N) is 2. The minimum atomic E-state index is -0.263. The van der Waals surface area contributed by atoms with Crippen molar-refractivity contribution >= 4 is 34.6 Å². The Morgan fingerprint density at radius 1 is 0.793 bits per heavy atom. The summed E-state index contributed by atoms with van der Waals surface area (Å²) >= 11 is 0. The topological polar surface area (TPSA) is 135 Å². The summed E-state index contributed by atoms with van der Waals surface area (Å²) in [5.41, 5.74) is 20.7. The number of anilines is 2. The normalized spacial score (nSPS) is 11.8. The highest BCUT2D eigenvalue weighted by Crippen LogP contribution is 2.08. The molecule has 0 unspecified atom stereocenters. The Balaban J connectivity index is 1.73. The quantitative estimate of drug-likeness (QED) is 0.310. The fourth-order valence-corrected chi connectivity index (χ4v) is 2.47. The van der Waals surface area contributed by atoms with Gasteiger partial charge in [0.05, 0.1) is 11.4 Å². The number of carbonyl (C=O) groups is 2. The lowest BCUT2D eigenvalue weighted by atomic mass is 10.1. The van der Waals surface area contributed by atoms with Gasteiger partial charge in [-0.1, -0.05) is 24.3 Å². The number of rotatable bonds is 8. The van der Waals surface area contributed by atoms with Crippen LogP contribution in [0.15, 0.2) is 58.7 Å². The van der Waals surface area contributed by atoms with Gasteiger partial charge in [-0.2, -0.15) is 10.2 Å². The molecule has 6 N–H and O–H groups in total. The molecule has 0 aromatic heterocycles. The van der Waals surface area contributed by atoms with Gasteiger partial charge in [0.25, 0.3) is 0 Å². The molecule has 0 aliphatic carbocycles. The van der Waals surface area contributed by atoms with Crippen LogP contribution in [0, 0.1) is 0 Å². The molecule has 2 amide bonds. The van der Waals surface area contributed by atoms with Gasteiger partial charge < -0.3 is 11.5 Å². The molecule has 0 fully saturated rings. The SMILES string of the molecule is C/C(=N\NC(=O)CCCC(=O)N/N=C(\C)c1cccc(N)c1)c1cccc(N)c1. The maximum absolute atomic E-state index is 11.9. The van der Waals surface area contributed by atoms with E-state index < -0.39 is 0 Å². The predicted octanol–water partition coefficient (Wildman–Crippen LogP) is 2.40. The molecule has 152 valence electrons. The molecular weight excluding hydrogens is 368 g/mol. The van der Waals surface area contributed by atoms with Crippen molar-refractivity contribution in [2.75, 3.05) is 11.5 Å². The highest BCUT2D eigenvalue weighted by molar-refractivity contribution is 6.00. The van der Waals surface area contributed by atoms with Gasteiger partial charge >= 0.3 is 0 Å². The molecule has 0 bridgehead atoms. The van der Waals surface area contributed by atoms with E-state index in [-0.39, 0.29) is 24.7 Å². The van der Waals surface area contributed by atoms with Gasteiger partial charge in [-0.25, -0.2) is 10.9 Å². The first-order chi connectivity index (χ1) is 13.8. The first-order valence-corrected chi connectivity index (χ1v) is 9.23. The highest BCUT2D eigenvalue weighted by Gasteiger charge is 2.06. The van der Waals surface area contributed by atoms with E-state index in [9.17, 15) is 9.59 Å². The number of nitrogens with one attached hydrogen (secondary N) is 2. The Kier molecular flexibility index (Phi) is 7.90. The van der Waals surface area contributed by atoms with Gasteiger partial charge in [0.15, 0.2) is 0 Å². The van der Waals surface area contributed by atoms with Crippen LogP contribution in [0.5, 0.6) is 0 Å². The second-order valence-corrected chi connectivity index (χ2v) is 6.57. The van der Waals surface area contributed by atoms with Crippen LogP contribution in [0.3, 0.4) is 0 Å². The van der Waals surface area contributed by atoms with Crippen LogP contribution in [0.25, 0.3) is 0 Å². The number of carbonyl (C=O) groups excluding carboxylic acids is 2. The van der Waals surface area contributed by atoms with Crippen LogP contribution in [0.2, 0.25) is 0 Å². The maximum atomic E-state index is 11.9. The van der Waals surface area contributed by atoms with Crippen LogP contribution in [-0.4, -0.2) is 23.2 Å². The zero-order chi connectivity index (χ0) is 21.2. The average Bonchev–Trinajstić information content (AvgIpc) is 2.70. The standard InChI is InChI=1S/C21H26N6O2/c1-14(16-6-3-8-18(22)12-16)24-26-20(28)10-5-11-21(29)27-25-15(2)17-7-4-9-19(23)13-17/h3-4,6-9,12-13H,5,10-11,22-23H2,1-2H3,(H,26,28)(H,27,29)/b24-14+,25-15+. The summed E-state index contributed by atoms with van der Waals surface area (Å²) in [6, 6.07) is 14.5. The van der Waals surface area contributed by atoms with Gasteiger partial charge in [0, 0.05) is 24.2 Å². The van der Waals surface area contributed by atoms with Gasteiger partial charge in [-0.15, -0.1) is 0 Å². The van der Waals surface area contributed by atoms with Gasteiger partial charge in [0.2, 0.25) is 11.8 Å². The summed E-state index contributed by atoms with van der Waals surface area (Å²) in [7, 11) is 0. The average molecular weight is 394 g/mol. The van der Waals surface area contributed by atoms with Gasteiger partial charge in [0.1, 0.15) is 0 Å². The number of nitrogen functional groups attached to an aromatic ring is 2. The molecule has 0 spiro atoms. The lowest BCUT2D eigenvalue weighted by Crippen LogP contribution is -2.22. The third kappa shape index (κ3) is 7.45. The third-order valence-corrected chi connectivity index (χ3v) is 4.11. The molecule has 2 aromatic rings. The van der Waals surface area contributed by atoms with Crippen molar-refractivity contribution < 1.29 is 9.59 Å². The van der Waals surface area contributed by atoms with Crippen LogP contribution < -0.4 is 22.3 Å². The Morgan fingerprint density at radius 2 is 1.21 bits per heavy atom. The van der Waals surface area contributed by atoms with Crippen LogP contribution in [0.4, 0.5) is 11.4 Å². The van der Waals surface area contributed by atoms with Crippen LogP contribution in [0.1, 0.15) is 44.2 Å². The summed E-state index contributed by atoms with van der Waals surface area (Å²) in [4.78, 5) is 23.8. The zero-order valence-electron chi connectivity index (χ0n) is 16.6. The number of hydrogen-bond acceptors (Lipinski definition) is 6. The fraction of sp³-hybridized carbons (Fsp3) is 0.238. The van der Waals surface area contributed by atoms with E-state index in [4.69, 9.17) is 11.5 Å². The molecule has 2 rings (SSSR count). The predicted molar refractivity (Wildman–Crippen MR) is 116 cm³/mol. The lowest BCUT2D eigenvalue weighted by molar-refractivity contribution is -0.122. The molecule has 0 atom stereocenters. The monoisotopic (exact) mass is 394 g/mol. The summed E-state index contributed by atoms with van der Waals surface area (Å²) in [6.45, 7) is 3.56. The summed E-state index contributed by atoms with van der Waals surface area (Å²) in [6.07, 6.45) is 0.745. The van der Waals surface area contributed by atoms with E-state index in [0.29, 0.717) is 29.2 Å². The second kappa shape index (κ2) is 10.6. The molecule has 2 aromatic carbocycles. The fourth-order valence-electron chi connectivity index (χ4n) is 2.47.